The van der Waals surface area contributed by atoms with Crippen molar-refractivity contribution < 1.29 is 23.9 Å². The largest absolute Gasteiger partial charge is 0.493 e. The summed E-state index contributed by atoms with van der Waals surface area (Å²) in [7, 11) is 1.77. The molecule has 2 aliphatic rings. The van der Waals surface area contributed by atoms with Gasteiger partial charge in [-0.3, -0.25) is 19.3 Å². The van der Waals surface area contributed by atoms with E-state index in [-0.39, 0.29) is 18.2 Å². The van der Waals surface area contributed by atoms with E-state index in [1.165, 1.54) is 25.7 Å². The second-order valence-corrected chi connectivity index (χ2v) is 11.9. The van der Waals surface area contributed by atoms with E-state index < -0.39 is 11.9 Å². The Kier molecular flexibility index (Phi) is 14.0. The molecular weight excluding hydrogens is 556 g/mol. The van der Waals surface area contributed by atoms with Crippen molar-refractivity contribution in [3.05, 3.63) is 65.2 Å². The molecule has 4 rings (SSSR count). The Balaban J connectivity index is 1.46. The zero-order chi connectivity index (χ0) is 31.0. The number of amides is 3. The van der Waals surface area contributed by atoms with Crippen molar-refractivity contribution in [3.63, 3.8) is 0 Å². The summed E-state index contributed by atoms with van der Waals surface area (Å²) in [4.78, 5) is 44.4. The lowest BCUT2D eigenvalue weighted by Gasteiger charge is -2.27. The van der Waals surface area contributed by atoms with E-state index in [0.717, 1.165) is 76.1 Å². The van der Waals surface area contributed by atoms with Crippen molar-refractivity contribution in [2.24, 2.45) is 0 Å². The Morgan fingerprint density at radius 1 is 0.818 bits per heavy atom. The van der Waals surface area contributed by atoms with Crippen LogP contribution in [0.5, 0.6) is 5.75 Å². The van der Waals surface area contributed by atoms with E-state index in [1.54, 1.807) is 30.1 Å². The van der Waals surface area contributed by atoms with Gasteiger partial charge in [0.25, 0.3) is 5.91 Å². The molecule has 2 aromatic carbocycles. The van der Waals surface area contributed by atoms with Crippen LogP contribution in [0.3, 0.4) is 0 Å². The third-order valence-corrected chi connectivity index (χ3v) is 8.52. The van der Waals surface area contributed by atoms with Gasteiger partial charge in [-0.05, 0) is 36.1 Å². The highest BCUT2D eigenvalue weighted by Gasteiger charge is 2.27. The Hall–Kier alpha value is -3.43. The smallest absolute Gasteiger partial charge is 0.255 e. The van der Waals surface area contributed by atoms with Crippen LogP contribution in [0.15, 0.2) is 48.5 Å². The molecule has 0 saturated carbocycles. The van der Waals surface area contributed by atoms with Gasteiger partial charge in [0.2, 0.25) is 11.8 Å². The van der Waals surface area contributed by atoms with Crippen LogP contribution in [0, 0.1) is 0 Å². The number of carbonyl (C=O) groups is 3. The number of para-hydroxylation sites is 1. The molecule has 3 amide bonds. The van der Waals surface area contributed by atoms with Crippen molar-refractivity contribution in [1.82, 2.24) is 20.4 Å². The summed E-state index contributed by atoms with van der Waals surface area (Å²) in [5, 5.41) is 5.87. The van der Waals surface area contributed by atoms with Crippen LogP contribution < -0.4 is 15.4 Å². The fraction of sp³-hybridized carbons (Fsp3) is 0.571. The maximum Gasteiger partial charge on any atom is 0.255 e. The molecule has 9 heteroatoms. The summed E-state index contributed by atoms with van der Waals surface area (Å²) in [5.41, 5.74) is 2.50. The van der Waals surface area contributed by atoms with Gasteiger partial charge in [-0.25, -0.2) is 0 Å². The van der Waals surface area contributed by atoms with Gasteiger partial charge < -0.3 is 25.0 Å². The fourth-order valence-electron chi connectivity index (χ4n) is 5.74. The van der Waals surface area contributed by atoms with E-state index in [0.29, 0.717) is 31.0 Å². The Morgan fingerprint density at radius 3 is 2.20 bits per heavy atom. The molecule has 240 valence electrons. The predicted molar refractivity (Wildman–Crippen MR) is 171 cm³/mol. The molecule has 2 aliphatic heterocycles. The first kappa shape index (κ1) is 33.5. The predicted octanol–water partition coefficient (Wildman–Crippen LogP) is 4.69. The monoisotopic (exact) mass is 606 g/mol. The summed E-state index contributed by atoms with van der Waals surface area (Å²) >= 11 is 0. The highest BCUT2D eigenvalue weighted by atomic mass is 16.5. The molecule has 0 aromatic heterocycles. The number of hydrogen-bond donors (Lipinski definition) is 2. The number of ether oxygens (including phenoxy) is 2. The number of hydrogen-bond acceptors (Lipinski definition) is 6. The first-order chi connectivity index (χ1) is 21.5. The van der Waals surface area contributed by atoms with Gasteiger partial charge in [-0.2, -0.15) is 0 Å². The van der Waals surface area contributed by atoms with E-state index in [4.69, 9.17) is 9.47 Å². The van der Waals surface area contributed by atoms with Crippen LogP contribution in [-0.2, 0) is 27.4 Å². The first-order valence-electron chi connectivity index (χ1n) is 16.4. The number of carbonyl (C=O) groups excluding carboxylic acids is 3. The molecule has 44 heavy (non-hydrogen) atoms. The Morgan fingerprint density at radius 2 is 1.45 bits per heavy atom. The maximum absolute atomic E-state index is 13.6. The second-order valence-electron chi connectivity index (χ2n) is 11.9. The van der Waals surface area contributed by atoms with E-state index in [9.17, 15) is 14.4 Å². The molecule has 1 atom stereocenters. The number of morpholine rings is 1. The molecule has 0 unspecified atom stereocenters. The molecule has 0 aliphatic carbocycles. The van der Waals surface area contributed by atoms with Gasteiger partial charge in [0.1, 0.15) is 11.8 Å². The molecule has 2 N–H and O–H groups in total. The summed E-state index contributed by atoms with van der Waals surface area (Å²) in [6, 6.07) is 14.1. The average Bonchev–Trinajstić information content (AvgIpc) is 3.04. The Bertz CT molecular complexity index is 1200. The lowest BCUT2D eigenvalue weighted by atomic mass is 10.1. The Labute approximate surface area is 262 Å². The normalized spacial score (nSPS) is 20.6. The molecule has 0 bridgehead atoms. The topological polar surface area (TPSA) is 100 Å². The molecule has 2 heterocycles. The first-order valence-corrected chi connectivity index (χ1v) is 16.4. The van der Waals surface area contributed by atoms with Crippen LogP contribution >= 0.6 is 0 Å². The lowest BCUT2D eigenvalue weighted by molar-refractivity contribution is -0.133. The van der Waals surface area contributed by atoms with Crippen LogP contribution in [0.25, 0.3) is 0 Å². The van der Waals surface area contributed by atoms with Gasteiger partial charge in [-0.1, -0.05) is 81.3 Å². The molecule has 1 saturated heterocycles. The number of nitrogens with zero attached hydrogens (tertiary/aromatic N) is 2. The third kappa shape index (κ3) is 10.9. The van der Waals surface area contributed by atoms with Crippen molar-refractivity contribution in [1.29, 1.82) is 0 Å². The fourth-order valence-corrected chi connectivity index (χ4v) is 5.74. The minimum absolute atomic E-state index is 0.119. The molecule has 0 radical (unpaired) electrons. The van der Waals surface area contributed by atoms with Gasteiger partial charge in [-0.15, -0.1) is 0 Å². The highest BCUT2D eigenvalue weighted by Crippen LogP contribution is 2.20. The van der Waals surface area contributed by atoms with Gasteiger partial charge >= 0.3 is 0 Å². The summed E-state index contributed by atoms with van der Waals surface area (Å²) in [6.45, 7) is 5.41. The van der Waals surface area contributed by atoms with Crippen molar-refractivity contribution >= 4 is 17.7 Å². The van der Waals surface area contributed by atoms with Crippen molar-refractivity contribution in [2.75, 3.05) is 46.5 Å². The maximum atomic E-state index is 13.6. The lowest BCUT2D eigenvalue weighted by Crippen LogP contribution is -2.49. The van der Waals surface area contributed by atoms with E-state index in [1.807, 2.05) is 24.3 Å². The molecule has 0 spiro atoms. The SMILES string of the molecule is CN1CCCCCCCCCCCOc2ccccc2C(=O)N[C@H](C(=O)NCc2ccccc2CN2CCOCC2)CC1=O. The minimum atomic E-state index is -1.03. The molecule has 2 aromatic rings. The number of fused-ring (bicyclic) bond motifs is 1. The highest BCUT2D eigenvalue weighted by molar-refractivity contribution is 6.00. The van der Waals surface area contributed by atoms with E-state index >= 15 is 0 Å². The summed E-state index contributed by atoms with van der Waals surface area (Å²) in [5.74, 6) is -0.503. The average molecular weight is 607 g/mol. The molecule has 9 nitrogen and oxygen atoms in total. The van der Waals surface area contributed by atoms with Crippen LogP contribution in [0.2, 0.25) is 0 Å². The summed E-state index contributed by atoms with van der Waals surface area (Å²) in [6.07, 6.45) is 9.91. The zero-order valence-electron chi connectivity index (χ0n) is 26.4. The number of benzene rings is 2. The zero-order valence-corrected chi connectivity index (χ0v) is 26.4. The minimum Gasteiger partial charge on any atom is -0.493 e. The van der Waals surface area contributed by atoms with Gasteiger partial charge in [0.15, 0.2) is 0 Å². The van der Waals surface area contributed by atoms with Gasteiger partial charge in [0.05, 0.1) is 31.8 Å². The molecular formula is C35H50N4O5. The number of rotatable bonds is 5. The van der Waals surface area contributed by atoms with E-state index in [2.05, 4.69) is 21.6 Å². The quantitative estimate of drug-likeness (QED) is 0.513. The number of nitrogens with one attached hydrogen (secondary N) is 2. The van der Waals surface area contributed by atoms with Crippen LogP contribution in [-0.4, -0.2) is 80.1 Å². The second kappa shape index (κ2) is 18.4. The van der Waals surface area contributed by atoms with Crippen molar-refractivity contribution in [3.8, 4) is 5.75 Å². The standard InChI is InChI=1S/C35H50N4O5/c1-38-19-13-7-5-3-2-4-6-8-14-22-44-32-18-12-11-17-30(32)34(41)37-31(25-33(38)40)35(42)36-26-28-15-9-10-16-29(28)27-39-20-23-43-24-21-39/h9-12,15-18,31H,2-8,13-14,19-27H2,1H3,(H,36,42)(H,37,41)/t31-/m0/s1. The van der Waals surface area contributed by atoms with Gasteiger partial charge in [0, 0.05) is 39.8 Å². The van der Waals surface area contributed by atoms with Crippen LogP contribution in [0.1, 0.15) is 85.7 Å². The molecule has 1 fully saturated rings. The van der Waals surface area contributed by atoms with Crippen LogP contribution in [0.4, 0.5) is 0 Å². The third-order valence-electron chi connectivity index (χ3n) is 8.52. The summed E-state index contributed by atoms with van der Waals surface area (Å²) < 4.78 is 11.5. The van der Waals surface area contributed by atoms with Crippen molar-refractivity contribution in [2.45, 2.75) is 83.3 Å².